The molecule has 0 atom stereocenters. The summed E-state index contributed by atoms with van der Waals surface area (Å²) in [6.07, 6.45) is 7.98. The van der Waals surface area contributed by atoms with E-state index in [1.54, 1.807) is 0 Å². The van der Waals surface area contributed by atoms with Crippen LogP contribution in [-0.2, 0) is 9.53 Å². The van der Waals surface area contributed by atoms with Crippen molar-refractivity contribution in [1.29, 1.82) is 0 Å². The van der Waals surface area contributed by atoms with Gasteiger partial charge in [0.1, 0.15) is 0 Å². The lowest BCUT2D eigenvalue weighted by Crippen LogP contribution is -2.42. The number of carbonyl (C=O) groups is 1. The molecule has 0 aromatic rings. The zero-order valence-corrected chi connectivity index (χ0v) is 13.8. The Hall–Kier alpha value is -0.610. The Labute approximate surface area is 129 Å². The summed E-state index contributed by atoms with van der Waals surface area (Å²) in [5.74, 6) is 0.837. The minimum atomic E-state index is 0.296. The van der Waals surface area contributed by atoms with E-state index in [9.17, 15) is 4.79 Å². The fourth-order valence-electron chi connectivity index (χ4n) is 3.48. The lowest BCUT2D eigenvalue weighted by atomic mass is 10.1. The van der Waals surface area contributed by atoms with Gasteiger partial charge < -0.3 is 15.0 Å². The van der Waals surface area contributed by atoms with Gasteiger partial charge in [-0.2, -0.15) is 0 Å². The Bertz CT molecular complexity index is 308. The topological polar surface area (TPSA) is 41.6 Å². The monoisotopic (exact) mass is 296 g/mol. The summed E-state index contributed by atoms with van der Waals surface area (Å²) in [6.45, 7) is 7.96. The number of rotatable bonds is 7. The number of carbonyl (C=O) groups excluding carboxylic acids is 1. The summed E-state index contributed by atoms with van der Waals surface area (Å²) in [7, 11) is 0. The number of ether oxygens (including phenoxy) is 1. The van der Waals surface area contributed by atoms with Crippen molar-refractivity contribution >= 4 is 5.91 Å². The van der Waals surface area contributed by atoms with Crippen LogP contribution in [0.25, 0.3) is 0 Å². The molecule has 21 heavy (non-hydrogen) atoms. The maximum atomic E-state index is 12.5. The second kappa shape index (κ2) is 8.74. The molecule has 2 rings (SSSR count). The first kappa shape index (κ1) is 16.8. The molecule has 0 aromatic carbocycles. The fraction of sp³-hybridized carbons (Fsp3) is 0.941. The Morgan fingerprint density at radius 2 is 1.86 bits per heavy atom. The largest absolute Gasteiger partial charge is 0.378 e. The van der Waals surface area contributed by atoms with Crippen LogP contribution < -0.4 is 5.32 Å². The molecule has 1 saturated heterocycles. The average molecular weight is 296 g/mol. The van der Waals surface area contributed by atoms with Gasteiger partial charge >= 0.3 is 0 Å². The molecule has 1 aliphatic heterocycles. The van der Waals surface area contributed by atoms with E-state index in [1.165, 1.54) is 25.7 Å². The summed E-state index contributed by atoms with van der Waals surface area (Å²) in [6, 6.07) is 0.485. The van der Waals surface area contributed by atoms with Crippen molar-refractivity contribution in [3.63, 3.8) is 0 Å². The van der Waals surface area contributed by atoms with E-state index in [4.69, 9.17) is 4.74 Å². The fourth-order valence-corrected chi connectivity index (χ4v) is 3.48. The number of piperidine rings is 1. The first-order chi connectivity index (χ1) is 10.2. The molecule has 4 heteroatoms. The Balaban J connectivity index is 1.74. The van der Waals surface area contributed by atoms with Crippen LogP contribution >= 0.6 is 0 Å². The zero-order valence-electron chi connectivity index (χ0n) is 13.8. The van der Waals surface area contributed by atoms with Crippen LogP contribution in [0.2, 0.25) is 0 Å². The van der Waals surface area contributed by atoms with Crippen molar-refractivity contribution in [1.82, 2.24) is 10.2 Å². The molecule has 1 aliphatic carbocycles. The van der Waals surface area contributed by atoms with Gasteiger partial charge in [0.25, 0.3) is 0 Å². The lowest BCUT2D eigenvalue weighted by molar-refractivity contribution is -0.135. The molecular formula is C17H32N2O2. The second-order valence-corrected chi connectivity index (χ2v) is 6.95. The smallest absolute Gasteiger partial charge is 0.225 e. The summed E-state index contributed by atoms with van der Waals surface area (Å²) < 4.78 is 5.88. The van der Waals surface area contributed by atoms with Crippen molar-refractivity contribution in [3.05, 3.63) is 0 Å². The van der Waals surface area contributed by atoms with Crippen LogP contribution in [0, 0.1) is 5.92 Å². The molecule has 2 fully saturated rings. The maximum absolute atomic E-state index is 12.5. The minimum absolute atomic E-state index is 0.296. The standard InChI is InChI=1S/C17H32N2O2/c1-14(2)13-19(15-5-3-4-6-15)17(20)9-12-21-16-7-10-18-11-8-16/h14-16,18H,3-13H2,1-2H3. The normalized spacial score (nSPS) is 21.1. The Morgan fingerprint density at radius 3 is 2.48 bits per heavy atom. The number of nitrogens with one attached hydrogen (secondary N) is 1. The molecule has 4 nitrogen and oxygen atoms in total. The van der Waals surface area contributed by atoms with E-state index >= 15 is 0 Å². The number of hydrogen-bond acceptors (Lipinski definition) is 3. The van der Waals surface area contributed by atoms with Crippen LogP contribution in [0.5, 0.6) is 0 Å². The molecule has 1 amide bonds. The Morgan fingerprint density at radius 1 is 1.19 bits per heavy atom. The van der Waals surface area contributed by atoms with Crippen molar-refractivity contribution in [2.24, 2.45) is 5.92 Å². The highest BCUT2D eigenvalue weighted by atomic mass is 16.5. The van der Waals surface area contributed by atoms with Crippen LogP contribution in [-0.4, -0.2) is 49.2 Å². The third kappa shape index (κ3) is 5.59. The average Bonchev–Trinajstić information content (AvgIpc) is 2.99. The first-order valence-corrected chi connectivity index (χ1v) is 8.78. The van der Waals surface area contributed by atoms with Gasteiger partial charge in [0.05, 0.1) is 19.1 Å². The molecule has 122 valence electrons. The van der Waals surface area contributed by atoms with Crippen LogP contribution in [0.4, 0.5) is 0 Å². The van der Waals surface area contributed by atoms with Gasteiger partial charge in [-0.3, -0.25) is 4.79 Å². The van der Waals surface area contributed by atoms with E-state index in [-0.39, 0.29) is 0 Å². The van der Waals surface area contributed by atoms with Gasteiger partial charge in [-0.15, -0.1) is 0 Å². The van der Waals surface area contributed by atoms with Crippen LogP contribution in [0.15, 0.2) is 0 Å². The van der Waals surface area contributed by atoms with Crippen molar-refractivity contribution < 1.29 is 9.53 Å². The maximum Gasteiger partial charge on any atom is 0.225 e. The van der Waals surface area contributed by atoms with Gasteiger partial charge in [-0.25, -0.2) is 0 Å². The van der Waals surface area contributed by atoms with Gasteiger partial charge in [-0.1, -0.05) is 26.7 Å². The Kier molecular flexibility index (Phi) is 6.97. The zero-order chi connectivity index (χ0) is 15.1. The van der Waals surface area contributed by atoms with Crippen LogP contribution in [0.1, 0.15) is 58.8 Å². The third-order valence-corrected chi connectivity index (χ3v) is 4.60. The quantitative estimate of drug-likeness (QED) is 0.785. The predicted molar refractivity (Wildman–Crippen MR) is 85.3 cm³/mol. The number of nitrogens with zero attached hydrogens (tertiary/aromatic N) is 1. The van der Waals surface area contributed by atoms with Crippen molar-refractivity contribution in [2.75, 3.05) is 26.2 Å². The number of hydrogen-bond donors (Lipinski definition) is 1. The minimum Gasteiger partial charge on any atom is -0.378 e. The predicted octanol–water partition coefficient (Wildman–Crippen LogP) is 2.57. The first-order valence-electron chi connectivity index (χ1n) is 8.78. The van der Waals surface area contributed by atoms with Gasteiger partial charge in [0, 0.05) is 12.6 Å². The molecule has 0 unspecified atom stereocenters. The van der Waals surface area contributed by atoms with Crippen LogP contribution in [0.3, 0.4) is 0 Å². The highest BCUT2D eigenvalue weighted by Crippen LogP contribution is 2.25. The molecule has 0 bridgehead atoms. The molecule has 1 saturated carbocycles. The highest BCUT2D eigenvalue weighted by Gasteiger charge is 2.27. The van der Waals surface area contributed by atoms with E-state index in [1.807, 2.05) is 0 Å². The number of amides is 1. The summed E-state index contributed by atoms with van der Waals surface area (Å²) in [5.41, 5.74) is 0. The molecule has 0 radical (unpaired) electrons. The van der Waals surface area contributed by atoms with E-state index in [2.05, 4.69) is 24.1 Å². The summed E-state index contributed by atoms with van der Waals surface area (Å²) in [4.78, 5) is 14.7. The van der Waals surface area contributed by atoms with Gasteiger partial charge in [0.15, 0.2) is 0 Å². The molecule has 1 heterocycles. The lowest BCUT2D eigenvalue weighted by Gasteiger charge is -2.31. The third-order valence-electron chi connectivity index (χ3n) is 4.60. The summed E-state index contributed by atoms with van der Waals surface area (Å²) >= 11 is 0. The summed E-state index contributed by atoms with van der Waals surface area (Å²) in [5, 5.41) is 3.34. The van der Waals surface area contributed by atoms with Gasteiger partial charge in [-0.05, 0) is 44.7 Å². The highest BCUT2D eigenvalue weighted by molar-refractivity contribution is 5.76. The van der Waals surface area contributed by atoms with Crippen molar-refractivity contribution in [3.8, 4) is 0 Å². The second-order valence-electron chi connectivity index (χ2n) is 6.95. The molecule has 2 aliphatic rings. The molecular weight excluding hydrogens is 264 g/mol. The molecule has 0 aromatic heterocycles. The van der Waals surface area contributed by atoms with E-state index < -0.39 is 0 Å². The van der Waals surface area contributed by atoms with Crippen molar-refractivity contribution in [2.45, 2.75) is 70.9 Å². The molecule has 1 N–H and O–H groups in total. The van der Waals surface area contributed by atoms with E-state index in [0.29, 0.717) is 37.0 Å². The molecule has 0 spiro atoms. The van der Waals surface area contributed by atoms with E-state index in [0.717, 1.165) is 32.5 Å². The van der Waals surface area contributed by atoms with Gasteiger partial charge in [0.2, 0.25) is 5.91 Å². The SMILES string of the molecule is CC(C)CN(C(=O)CCOC1CCNCC1)C1CCCC1.